The van der Waals surface area contributed by atoms with Gasteiger partial charge in [0.1, 0.15) is 5.75 Å². The van der Waals surface area contributed by atoms with E-state index in [0.29, 0.717) is 10.8 Å². The largest absolute Gasteiger partial charge is 0.481 e. The van der Waals surface area contributed by atoms with E-state index < -0.39 is 6.10 Å². The van der Waals surface area contributed by atoms with Crippen LogP contribution in [0.3, 0.4) is 0 Å². The van der Waals surface area contributed by atoms with Crippen LogP contribution in [-0.4, -0.2) is 18.2 Å². The third kappa shape index (κ3) is 4.90. The van der Waals surface area contributed by atoms with Gasteiger partial charge in [0.05, 0.1) is 6.21 Å². The van der Waals surface area contributed by atoms with E-state index in [-0.39, 0.29) is 5.91 Å². The van der Waals surface area contributed by atoms with Crippen molar-refractivity contribution in [3.8, 4) is 5.75 Å². The highest BCUT2D eigenvalue weighted by molar-refractivity contribution is 6.30. The van der Waals surface area contributed by atoms with Crippen molar-refractivity contribution in [2.75, 3.05) is 0 Å². The van der Waals surface area contributed by atoms with E-state index in [9.17, 15) is 4.79 Å². The highest BCUT2D eigenvalue weighted by Gasteiger charge is 2.13. The molecule has 0 saturated heterocycles. The molecule has 0 radical (unpaired) electrons. The Hall–Kier alpha value is -2.33. The molecule has 0 bridgehead atoms. The van der Waals surface area contributed by atoms with Gasteiger partial charge in [-0.15, -0.1) is 0 Å². The average molecular weight is 317 g/mol. The molecule has 0 aliphatic rings. The first-order chi connectivity index (χ1) is 10.5. The van der Waals surface area contributed by atoms with Crippen LogP contribution in [0.15, 0.2) is 53.6 Å². The smallest absolute Gasteiger partial charge is 0.280 e. The number of hydrogen-bond acceptors (Lipinski definition) is 3. The van der Waals surface area contributed by atoms with Gasteiger partial charge in [-0.05, 0) is 43.7 Å². The summed E-state index contributed by atoms with van der Waals surface area (Å²) in [6, 6.07) is 14.7. The fraction of sp³-hybridized carbons (Fsp3) is 0.176. The molecule has 0 spiro atoms. The number of nitrogens with one attached hydrogen (secondary N) is 1. The Morgan fingerprint density at radius 3 is 2.45 bits per heavy atom. The number of aryl methyl sites for hydroxylation is 1. The zero-order valence-electron chi connectivity index (χ0n) is 12.4. The molecule has 0 aliphatic heterocycles. The van der Waals surface area contributed by atoms with Gasteiger partial charge >= 0.3 is 0 Å². The summed E-state index contributed by atoms with van der Waals surface area (Å²) in [5, 5.41) is 4.54. The number of ether oxygens (including phenoxy) is 1. The molecule has 2 aromatic rings. The van der Waals surface area contributed by atoms with Gasteiger partial charge in [-0.25, -0.2) is 5.43 Å². The molecular formula is C17H17ClN2O2. The zero-order valence-corrected chi connectivity index (χ0v) is 13.2. The van der Waals surface area contributed by atoms with Crippen LogP contribution in [0.5, 0.6) is 5.75 Å². The first-order valence-electron chi connectivity index (χ1n) is 6.86. The van der Waals surface area contributed by atoms with Crippen molar-refractivity contribution < 1.29 is 9.53 Å². The molecule has 0 heterocycles. The zero-order chi connectivity index (χ0) is 15.9. The maximum Gasteiger partial charge on any atom is 0.280 e. The van der Waals surface area contributed by atoms with Gasteiger partial charge in [0.15, 0.2) is 6.10 Å². The Kier molecular flexibility index (Phi) is 5.55. The Morgan fingerprint density at radius 2 is 1.82 bits per heavy atom. The Balaban J connectivity index is 1.85. The summed E-state index contributed by atoms with van der Waals surface area (Å²) in [4.78, 5) is 11.9. The van der Waals surface area contributed by atoms with Crippen molar-refractivity contribution in [1.29, 1.82) is 0 Å². The minimum Gasteiger partial charge on any atom is -0.481 e. The normalized spacial score (nSPS) is 12.1. The topological polar surface area (TPSA) is 50.7 Å². The molecule has 114 valence electrons. The number of carbonyl (C=O) groups is 1. The lowest BCUT2D eigenvalue weighted by Crippen LogP contribution is -2.33. The van der Waals surface area contributed by atoms with Crippen molar-refractivity contribution in [2.24, 2.45) is 5.10 Å². The summed E-state index contributed by atoms with van der Waals surface area (Å²) in [5.41, 5.74) is 4.54. The maximum absolute atomic E-state index is 11.9. The number of hydrazone groups is 1. The molecule has 5 heteroatoms. The number of benzene rings is 2. The Morgan fingerprint density at radius 1 is 1.18 bits per heavy atom. The first kappa shape index (κ1) is 16.0. The van der Waals surface area contributed by atoms with Crippen LogP contribution in [0.4, 0.5) is 0 Å². The van der Waals surface area contributed by atoms with E-state index in [1.54, 1.807) is 37.4 Å². The highest BCUT2D eigenvalue weighted by atomic mass is 35.5. The number of hydrogen-bond donors (Lipinski definition) is 1. The third-order valence-electron chi connectivity index (χ3n) is 2.96. The highest BCUT2D eigenvalue weighted by Crippen LogP contribution is 2.16. The second-order valence-electron chi connectivity index (χ2n) is 4.86. The van der Waals surface area contributed by atoms with E-state index in [2.05, 4.69) is 10.5 Å². The van der Waals surface area contributed by atoms with Gasteiger partial charge in [-0.2, -0.15) is 5.10 Å². The van der Waals surface area contributed by atoms with Crippen LogP contribution in [-0.2, 0) is 4.79 Å². The minimum atomic E-state index is -0.656. The van der Waals surface area contributed by atoms with Gasteiger partial charge in [-0.1, -0.05) is 41.4 Å². The SMILES string of the molecule is Cc1ccc(C=NNC(=O)[C@H](C)Oc2ccc(Cl)cc2)cc1. The average Bonchev–Trinajstić information content (AvgIpc) is 2.51. The summed E-state index contributed by atoms with van der Waals surface area (Å²) >= 11 is 5.79. The van der Waals surface area contributed by atoms with E-state index in [0.717, 1.165) is 5.56 Å². The number of halogens is 1. The molecule has 0 saturated carbocycles. The standard InChI is InChI=1S/C17H17ClN2O2/c1-12-3-5-14(6-4-12)11-19-20-17(21)13(2)22-16-9-7-15(18)8-10-16/h3-11,13H,1-2H3,(H,20,21)/t13-/m0/s1. The van der Waals surface area contributed by atoms with Gasteiger partial charge in [0.2, 0.25) is 0 Å². The monoisotopic (exact) mass is 316 g/mol. The molecule has 2 rings (SSSR count). The van der Waals surface area contributed by atoms with Crippen LogP contribution < -0.4 is 10.2 Å². The molecular weight excluding hydrogens is 300 g/mol. The molecule has 2 aromatic carbocycles. The Bertz CT molecular complexity index is 651. The van der Waals surface area contributed by atoms with Gasteiger partial charge in [0.25, 0.3) is 5.91 Å². The summed E-state index contributed by atoms with van der Waals surface area (Å²) in [6.45, 7) is 3.67. The van der Waals surface area contributed by atoms with Crippen LogP contribution in [0.2, 0.25) is 5.02 Å². The van der Waals surface area contributed by atoms with Crippen LogP contribution in [0, 0.1) is 6.92 Å². The number of amides is 1. The van der Waals surface area contributed by atoms with E-state index >= 15 is 0 Å². The Labute approximate surface area is 134 Å². The minimum absolute atomic E-state index is 0.321. The fourth-order valence-corrected chi connectivity index (χ4v) is 1.81. The second-order valence-corrected chi connectivity index (χ2v) is 5.30. The molecule has 1 atom stereocenters. The molecule has 0 aromatic heterocycles. The van der Waals surface area contributed by atoms with Crippen molar-refractivity contribution in [3.63, 3.8) is 0 Å². The number of rotatable bonds is 5. The molecule has 0 aliphatic carbocycles. The number of nitrogens with zero attached hydrogens (tertiary/aromatic N) is 1. The summed E-state index contributed by atoms with van der Waals surface area (Å²) in [6.07, 6.45) is 0.933. The van der Waals surface area contributed by atoms with Crippen molar-refractivity contribution >= 4 is 23.7 Å². The summed E-state index contributed by atoms with van der Waals surface area (Å²) in [5.74, 6) is 0.257. The van der Waals surface area contributed by atoms with Crippen LogP contribution >= 0.6 is 11.6 Å². The molecule has 22 heavy (non-hydrogen) atoms. The number of carbonyl (C=O) groups excluding carboxylic acids is 1. The van der Waals surface area contributed by atoms with Crippen LogP contribution in [0.1, 0.15) is 18.1 Å². The predicted octanol–water partition coefficient (Wildman–Crippen LogP) is 3.57. The summed E-state index contributed by atoms with van der Waals surface area (Å²) < 4.78 is 5.51. The van der Waals surface area contributed by atoms with Gasteiger partial charge in [-0.3, -0.25) is 4.79 Å². The molecule has 0 unspecified atom stereocenters. The first-order valence-corrected chi connectivity index (χ1v) is 7.24. The maximum atomic E-state index is 11.9. The molecule has 4 nitrogen and oxygen atoms in total. The van der Waals surface area contributed by atoms with Crippen molar-refractivity contribution in [2.45, 2.75) is 20.0 Å². The lowest BCUT2D eigenvalue weighted by atomic mass is 10.2. The lowest BCUT2D eigenvalue weighted by molar-refractivity contribution is -0.127. The quantitative estimate of drug-likeness (QED) is 0.677. The van der Waals surface area contributed by atoms with Gasteiger partial charge in [0, 0.05) is 5.02 Å². The van der Waals surface area contributed by atoms with E-state index in [1.165, 1.54) is 5.56 Å². The van der Waals surface area contributed by atoms with Gasteiger partial charge < -0.3 is 4.74 Å². The third-order valence-corrected chi connectivity index (χ3v) is 3.21. The van der Waals surface area contributed by atoms with Crippen molar-refractivity contribution in [1.82, 2.24) is 5.43 Å². The summed E-state index contributed by atoms with van der Waals surface area (Å²) in [7, 11) is 0. The van der Waals surface area contributed by atoms with Crippen molar-refractivity contribution in [3.05, 3.63) is 64.7 Å². The van der Waals surface area contributed by atoms with Crippen LogP contribution in [0.25, 0.3) is 0 Å². The fourth-order valence-electron chi connectivity index (χ4n) is 1.68. The van der Waals surface area contributed by atoms with E-state index in [1.807, 2.05) is 31.2 Å². The molecule has 0 fully saturated rings. The molecule has 1 N–H and O–H groups in total. The van der Waals surface area contributed by atoms with E-state index in [4.69, 9.17) is 16.3 Å². The predicted molar refractivity (Wildman–Crippen MR) is 88.5 cm³/mol. The lowest BCUT2D eigenvalue weighted by Gasteiger charge is -2.12. The second kappa shape index (κ2) is 7.61. The molecule has 1 amide bonds.